The number of nitrogens with two attached hydrogens (primary N) is 1. The first kappa shape index (κ1) is 13.6. The summed E-state index contributed by atoms with van der Waals surface area (Å²) in [6, 6.07) is 3.87. The van der Waals surface area contributed by atoms with Crippen molar-refractivity contribution in [3.05, 3.63) is 29.0 Å². The van der Waals surface area contributed by atoms with Crippen LogP contribution in [0, 0.1) is 11.2 Å². The van der Waals surface area contributed by atoms with Gasteiger partial charge >= 0.3 is 0 Å². The number of anilines is 1. The van der Waals surface area contributed by atoms with Gasteiger partial charge < -0.3 is 11.1 Å². The summed E-state index contributed by atoms with van der Waals surface area (Å²) in [7, 11) is 0. The maximum absolute atomic E-state index is 12.2. The van der Waals surface area contributed by atoms with Crippen molar-refractivity contribution in [2.75, 3.05) is 5.73 Å². The van der Waals surface area contributed by atoms with Crippen molar-refractivity contribution in [3.63, 3.8) is 0 Å². The maximum Gasteiger partial charge on any atom is 0.172 e. The van der Waals surface area contributed by atoms with Crippen LogP contribution >= 0.6 is 11.6 Å². The van der Waals surface area contributed by atoms with E-state index >= 15 is 0 Å². The zero-order chi connectivity index (χ0) is 12.0. The number of carbonyl (C=O) groups is 1. The number of hydrogen-bond donors (Lipinski definition) is 2. The first-order valence-electron chi connectivity index (χ1n) is 4.11. The Morgan fingerprint density at radius 1 is 1.47 bits per heavy atom. The van der Waals surface area contributed by atoms with Crippen LogP contribution in [-0.4, -0.2) is 11.5 Å². The maximum atomic E-state index is 12.2. The molecule has 82 valence electrons. The summed E-state index contributed by atoms with van der Waals surface area (Å²) in [5, 5.41) is 6.99. The molecule has 0 saturated carbocycles. The molecular weight excluding hydrogens is 219 g/mol. The lowest BCUT2D eigenvalue weighted by atomic mass is 10.3. The van der Waals surface area contributed by atoms with Crippen molar-refractivity contribution in [3.8, 4) is 0 Å². The zero-order valence-electron chi connectivity index (χ0n) is 8.47. The van der Waals surface area contributed by atoms with E-state index in [0.29, 0.717) is 5.02 Å². The molecule has 0 aliphatic heterocycles. The highest BCUT2D eigenvalue weighted by Gasteiger charge is 1.94. The molecule has 0 aliphatic carbocycles. The van der Waals surface area contributed by atoms with Crippen molar-refractivity contribution in [1.82, 2.24) is 0 Å². The van der Waals surface area contributed by atoms with Gasteiger partial charge in [0.25, 0.3) is 0 Å². The van der Waals surface area contributed by atoms with Gasteiger partial charge in [0.2, 0.25) is 0 Å². The molecule has 0 heterocycles. The summed E-state index contributed by atoms with van der Waals surface area (Å²) >= 11 is 5.49. The van der Waals surface area contributed by atoms with Crippen LogP contribution in [0.15, 0.2) is 18.2 Å². The van der Waals surface area contributed by atoms with E-state index in [9.17, 15) is 9.18 Å². The number of nitrogen functional groups attached to an aromatic ring is 1. The van der Waals surface area contributed by atoms with E-state index in [1.165, 1.54) is 32.0 Å². The van der Waals surface area contributed by atoms with E-state index in [2.05, 4.69) is 0 Å². The van der Waals surface area contributed by atoms with Gasteiger partial charge in [-0.05, 0) is 25.1 Å². The molecule has 1 aromatic carbocycles. The van der Waals surface area contributed by atoms with Crippen LogP contribution in [0.1, 0.15) is 13.8 Å². The minimum atomic E-state index is -0.364. The predicted octanol–water partition coefficient (Wildman–Crippen LogP) is 2.68. The molecule has 0 aromatic heterocycles. The second kappa shape index (κ2) is 6.14. The molecular formula is C10H12ClFN2O. The lowest BCUT2D eigenvalue weighted by Gasteiger charge is -1.94. The summed E-state index contributed by atoms with van der Waals surface area (Å²) in [5.74, 6) is -0.521. The summed E-state index contributed by atoms with van der Waals surface area (Å²) in [6.07, 6.45) is 0. The van der Waals surface area contributed by atoms with E-state index in [0.717, 1.165) is 0 Å². The SMILES string of the molecule is CC(=N)C(C)=O.Nc1cc(F)ccc1Cl. The first-order valence-corrected chi connectivity index (χ1v) is 4.49. The number of halogens is 2. The molecule has 0 atom stereocenters. The van der Waals surface area contributed by atoms with Crippen LogP contribution in [0.2, 0.25) is 5.02 Å². The third-order valence-corrected chi connectivity index (χ3v) is 1.83. The normalized spacial score (nSPS) is 8.80. The van der Waals surface area contributed by atoms with Crippen molar-refractivity contribution >= 4 is 28.8 Å². The Balaban J connectivity index is 0.000000288. The molecule has 5 heteroatoms. The monoisotopic (exact) mass is 230 g/mol. The Morgan fingerprint density at radius 2 is 1.93 bits per heavy atom. The molecule has 3 N–H and O–H groups in total. The van der Waals surface area contributed by atoms with Crippen LogP contribution in [-0.2, 0) is 4.79 Å². The molecule has 0 saturated heterocycles. The second-order valence-corrected chi connectivity index (χ2v) is 3.25. The Hall–Kier alpha value is -1.42. The third-order valence-electron chi connectivity index (χ3n) is 1.49. The van der Waals surface area contributed by atoms with Gasteiger partial charge in [-0.1, -0.05) is 11.6 Å². The first-order chi connectivity index (χ1) is 6.84. The molecule has 0 fully saturated rings. The van der Waals surface area contributed by atoms with E-state index in [4.69, 9.17) is 22.7 Å². The number of rotatable bonds is 1. The quantitative estimate of drug-likeness (QED) is 0.575. The number of ketones is 1. The van der Waals surface area contributed by atoms with Gasteiger partial charge in [0.15, 0.2) is 5.78 Å². The fraction of sp³-hybridized carbons (Fsp3) is 0.200. The van der Waals surface area contributed by atoms with Crippen LogP contribution < -0.4 is 5.73 Å². The van der Waals surface area contributed by atoms with Gasteiger partial charge in [0.05, 0.1) is 16.4 Å². The highest BCUT2D eigenvalue weighted by Crippen LogP contribution is 2.17. The van der Waals surface area contributed by atoms with Crippen LogP contribution in [0.4, 0.5) is 10.1 Å². The van der Waals surface area contributed by atoms with Gasteiger partial charge in [-0.15, -0.1) is 0 Å². The summed E-state index contributed by atoms with van der Waals surface area (Å²) < 4.78 is 12.2. The Labute approximate surface area is 92.6 Å². The molecule has 0 bridgehead atoms. The van der Waals surface area contributed by atoms with Crippen molar-refractivity contribution in [2.45, 2.75) is 13.8 Å². The molecule has 3 nitrogen and oxygen atoms in total. The molecule has 0 aliphatic rings. The van der Waals surface area contributed by atoms with E-state index in [1.54, 1.807) is 0 Å². The van der Waals surface area contributed by atoms with Crippen LogP contribution in [0.25, 0.3) is 0 Å². The van der Waals surface area contributed by atoms with Gasteiger partial charge in [-0.25, -0.2) is 4.39 Å². The van der Waals surface area contributed by atoms with Crippen LogP contribution in [0.5, 0.6) is 0 Å². The number of benzene rings is 1. The average molecular weight is 231 g/mol. The predicted molar refractivity (Wildman–Crippen MR) is 59.9 cm³/mol. The summed E-state index contributed by atoms with van der Waals surface area (Å²) in [6.45, 7) is 2.85. The second-order valence-electron chi connectivity index (χ2n) is 2.85. The van der Waals surface area contributed by atoms with Gasteiger partial charge in [0.1, 0.15) is 5.82 Å². The molecule has 0 amide bonds. The number of nitrogens with one attached hydrogen (secondary N) is 1. The molecule has 0 spiro atoms. The number of carbonyl (C=O) groups excluding carboxylic acids is 1. The minimum Gasteiger partial charge on any atom is -0.397 e. The highest BCUT2D eigenvalue weighted by atomic mass is 35.5. The Kier molecular flexibility index (Phi) is 5.56. The zero-order valence-corrected chi connectivity index (χ0v) is 9.23. The van der Waals surface area contributed by atoms with E-state index < -0.39 is 0 Å². The van der Waals surface area contributed by atoms with E-state index in [-0.39, 0.29) is 23.0 Å². The van der Waals surface area contributed by atoms with Gasteiger partial charge in [-0.3, -0.25) is 4.79 Å². The van der Waals surface area contributed by atoms with Gasteiger partial charge in [-0.2, -0.15) is 0 Å². The average Bonchev–Trinajstić information content (AvgIpc) is 2.13. The van der Waals surface area contributed by atoms with Crippen molar-refractivity contribution < 1.29 is 9.18 Å². The number of Topliss-reactive ketones (excluding diaryl/α,β-unsaturated/α-hetero) is 1. The van der Waals surface area contributed by atoms with Crippen molar-refractivity contribution in [1.29, 1.82) is 5.41 Å². The standard InChI is InChI=1S/C6H5ClFN.C4H7NO/c7-5-2-1-4(8)3-6(5)9;1-3(5)4(2)6/h1-3H,9H2;5H,1-2H3. The molecule has 0 unspecified atom stereocenters. The molecule has 1 aromatic rings. The third kappa shape index (κ3) is 5.80. The minimum absolute atomic E-state index is 0.120. The fourth-order valence-electron chi connectivity index (χ4n) is 0.515. The topological polar surface area (TPSA) is 66.9 Å². The fourth-order valence-corrected chi connectivity index (χ4v) is 0.632. The Bertz CT molecular complexity index is 368. The van der Waals surface area contributed by atoms with Crippen LogP contribution in [0.3, 0.4) is 0 Å². The van der Waals surface area contributed by atoms with E-state index in [1.807, 2.05) is 0 Å². The summed E-state index contributed by atoms with van der Waals surface area (Å²) in [5.41, 5.74) is 5.64. The molecule has 0 radical (unpaired) electrons. The smallest absolute Gasteiger partial charge is 0.172 e. The lowest BCUT2D eigenvalue weighted by Crippen LogP contribution is -2.00. The van der Waals surface area contributed by atoms with Crippen molar-refractivity contribution in [2.24, 2.45) is 0 Å². The Morgan fingerprint density at radius 3 is 2.20 bits per heavy atom. The lowest BCUT2D eigenvalue weighted by molar-refractivity contribution is -0.111. The highest BCUT2D eigenvalue weighted by molar-refractivity contribution is 6.36. The van der Waals surface area contributed by atoms with Gasteiger partial charge in [0, 0.05) is 6.92 Å². The largest absolute Gasteiger partial charge is 0.397 e. The molecule has 1 rings (SSSR count). The summed E-state index contributed by atoms with van der Waals surface area (Å²) in [4.78, 5) is 9.92. The molecule has 15 heavy (non-hydrogen) atoms. The number of hydrogen-bond acceptors (Lipinski definition) is 3.